The molecule has 16 atom stereocenters. The number of ether oxygens (including phenoxy) is 5. The number of carbonyl (C=O) groups excluding carboxylic acids is 1. The number of aliphatic hydroxyl groups is 5. The Bertz CT molecular complexity index is 1090. The van der Waals surface area contributed by atoms with E-state index in [0.29, 0.717) is 18.9 Å². The van der Waals surface area contributed by atoms with Gasteiger partial charge in [0.05, 0.1) is 35.4 Å². The van der Waals surface area contributed by atoms with Gasteiger partial charge in [-0.15, -0.1) is 0 Å². The first-order valence-electron chi connectivity index (χ1n) is 19.2. The van der Waals surface area contributed by atoms with Crippen LogP contribution in [0.4, 0.5) is 0 Å². The van der Waals surface area contributed by atoms with Gasteiger partial charge in [0.15, 0.2) is 12.6 Å². The lowest BCUT2D eigenvalue weighted by Gasteiger charge is -2.47. The van der Waals surface area contributed by atoms with Crippen LogP contribution < -0.4 is 5.32 Å². The highest BCUT2D eigenvalue weighted by molar-refractivity contribution is 5.73. The summed E-state index contributed by atoms with van der Waals surface area (Å²) in [5, 5.41) is 60.9. The summed E-state index contributed by atoms with van der Waals surface area (Å²) in [6.07, 6.45) is -3.80. The molecular weight excluding hydrogens is 660 g/mol. The highest BCUT2D eigenvalue weighted by Gasteiger charge is 2.51. The van der Waals surface area contributed by atoms with Crippen molar-refractivity contribution in [1.82, 2.24) is 10.2 Å². The van der Waals surface area contributed by atoms with E-state index in [1.165, 1.54) is 26.9 Å². The normalized spacial score (nSPS) is 45.1. The average Bonchev–Trinajstić information content (AvgIpc) is 3.88. The number of aliphatic hydroxyl groups excluding tert-OH is 3. The van der Waals surface area contributed by atoms with E-state index in [-0.39, 0.29) is 31.2 Å². The maximum Gasteiger partial charge on any atom is 0.311 e. The Hall–Kier alpha value is -0.970. The predicted octanol–water partition coefficient (Wildman–Crippen LogP) is 2.57. The Labute approximate surface area is 306 Å². The van der Waals surface area contributed by atoms with Crippen molar-refractivity contribution in [3.05, 3.63) is 0 Å². The SMILES string of the molecule is CCC1OC(=O)C(C)C(OC2CC(C)(OC)C(O)C(C)O2)C(C)C(OC(O)CC(CC2CC2)N(C)C)C(C)(O)CC(C)CNC(C)C(O)C1(C)O. The van der Waals surface area contributed by atoms with Gasteiger partial charge in [-0.25, -0.2) is 0 Å². The summed E-state index contributed by atoms with van der Waals surface area (Å²) < 4.78 is 31.0. The summed E-state index contributed by atoms with van der Waals surface area (Å²) in [5.41, 5.74) is -4.31. The van der Waals surface area contributed by atoms with Gasteiger partial charge in [0.1, 0.15) is 23.9 Å². The summed E-state index contributed by atoms with van der Waals surface area (Å²) in [5.74, 6) is -1.88. The van der Waals surface area contributed by atoms with E-state index in [4.69, 9.17) is 23.7 Å². The Kier molecular flexibility index (Phi) is 15.8. The molecule has 0 aromatic carbocycles. The number of esters is 1. The molecule has 0 spiro atoms. The molecule has 3 fully saturated rings. The van der Waals surface area contributed by atoms with Gasteiger partial charge in [-0.1, -0.05) is 33.6 Å². The second-order valence-corrected chi connectivity index (χ2v) is 17.1. The van der Waals surface area contributed by atoms with Gasteiger partial charge in [0, 0.05) is 38.0 Å². The van der Waals surface area contributed by atoms with Crippen LogP contribution >= 0.6 is 0 Å². The number of carbonyl (C=O) groups is 1. The molecule has 1 aliphatic carbocycles. The molecule has 0 radical (unpaired) electrons. The zero-order valence-corrected chi connectivity index (χ0v) is 33.4. The third-order valence-electron chi connectivity index (χ3n) is 12.0. The van der Waals surface area contributed by atoms with Crippen molar-refractivity contribution in [1.29, 1.82) is 0 Å². The molecule has 0 aromatic rings. The molecule has 3 aliphatic rings. The molecule has 13 heteroatoms. The second kappa shape index (κ2) is 18.1. The molecule has 300 valence electrons. The second-order valence-electron chi connectivity index (χ2n) is 17.1. The number of rotatable bonds is 11. The van der Waals surface area contributed by atoms with Gasteiger partial charge in [0.2, 0.25) is 0 Å². The minimum absolute atomic E-state index is 0.0704. The van der Waals surface area contributed by atoms with Crippen molar-refractivity contribution in [2.75, 3.05) is 27.7 Å². The summed E-state index contributed by atoms with van der Waals surface area (Å²) >= 11 is 0. The topological polar surface area (TPSA) is 180 Å². The van der Waals surface area contributed by atoms with Crippen LogP contribution in [0.2, 0.25) is 0 Å². The summed E-state index contributed by atoms with van der Waals surface area (Å²) in [7, 11) is 5.49. The van der Waals surface area contributed by atoms with Crippen molar-refractivity contribution in [3.63, 3.8) is 0 Å². The molecule has 16 unspecified atom stereocenters. The molecule has 6 N–H and O–H groups in total. The van der Waals surface area contributed by atoms with Gasteiger partial charge >= 0.3 is 5.97 Å². The highest BCUT2D eigenvalue weighted by atomic mass is 16.7. The first kappa shape index (κ1) is 44.4. The average molecular weight is 733 g/mol. The minimum Gasteiger partial charge on any atom is -0.459 e. The van der Waals surface area contributed by atoms with E-state index >= 15 is 0 Å². The number of hydrogen-bond acceptors (Lipinski definition) is 13. The fraction of sp³-hybridized carbons (Fsp3) is 0.974. The fourth-order valence-corrected chi connectivity index (χ4v) is 8.28. The summed E-state index contributed by atoms with van der Waals surface area (Å²) in [6, 6.07) is -0.502. The smallest absolute Gasteiger partial charge is 0.311 e. The number of nitrogens with one attached hydrogen (secondary N) is 1. The molecule has 51 heavy (non-hydrogen) atoms. The predicted molar refractivity (Wildman–Crippen MR) is 193 cm³/mol. The number of nitrogens with zero attached hydrogens (tertiary/aromatic N) is 1. The molecule has 0 aromatic heterocycles. The van der Waals surface area contributed by atoms with E-state index in [2.05, 4.69) is 10.2 Å². The number of cyclic esters (lactones) is 1. The summed E-state index contributed by atoms with van der Waals surface area (Å²) in [4.78, 5) is 16.2. The van der Waals surface area contributed by atoms with Gasteiger partial charge < -0.3 is 59.4 Å². The van der Waals surface area contributed by atoms with Gasteiger partial charge in [-0.2, -0.15) is 0 Å². The molecule has 2 aliphatic heterocycles. The van der Waals surface area contributed by atoms with Crippen LogP contribution in [0.1, 0.15) is 107 Å². The van der Waals surface area contributed by atoms with Crippen LogP contribution in [-0.4, -0.2) is 142 Å². The minimum atomic E-state index is -1.79. The van der Waals surface area contributed by atoms with Crippen LogP contribution in [0.25, 0.3) is 0 Å². The van der Waals surface area contributed by atoms with Crippen molar-refractivity contribution < 1.29 is 54.0 Å². The quantitative estimate of drug-likeness (QED) is 0.135. The molecular formula is C38H72N2O11. The van der Waals surface area contributed by atoms with Crippen molar-refractivity contribution in [2.24, 2.45) is 23.7 Å². The van der Waals surface area contributed by atoms with E-state index in [9.17, 15) is 30.3 Å². The van der Waals surface area contributed by atoms with Crippen molar-refractivity contribution in [2.45, 2.75) is 185 Å². The Morgan fingerprint density at radius 1 is 1.02 bits per heavy atom. The first-order valence-corrected chi connectivity index (χ1v) is 19.2. The molecule has 2 heterocycles. The molecule has 0 bridgehead atoms. The highest BCUT2D eigenvalue weighted by Crippen LogP contribution is 2.40. The third-order valence-corrected chi connectivity index (χ3v) is 12.0. The van der Waals surface area contributed by atoms with Crippen molar-refractivity contribution >= 4 is 5.97 Å². The third kappa shape index (κ3) is 11.3. The van der Waals surface area contributed by atoms with Crippen LogP contribution in [0.5, 0.6) is 0 Å². The van der Waals surface area contributed by atoms with E-state index in [1.807, 2.05) is 27.9 Å². The molecule has 3 rings (SSSR count). The lowest BCUT2D eigenvalue weighted by molar-refractivity contribution is -0.304. The van der Waals surface area contributed by atoms with Gasteiger partial charge in [0.25, 0.3) is 0 Å². The Balaban J connectivity index is 2.08. The van der Waals surface area contributed by atoms with Crippen molar-refractivity contribution in [3.8, 4) is 0 Å². The molecule has 13 nitrogen and oxygen atoms in total. The van der Waals surface area contributed by atoms with Crippen LogP contribution in [0.15, 0.2) is 0 Å². The summed E-state index contributed by atoms with van der Waals surface area (Å²) in [6.45, 7) is 16.0. The maximum atomic E-state index is 14.1. The van der Waals surface area contributed by atoms with E-state index in [0.717, 1.165) is 6.42 Å². The Morgan fingerprint density at radius 2 is 1.65 bits per heavy atom. The van der Waals surface area contributed by atoms with Gasteiger partial charge in [-0.05, 0) is 93.3 Å². The Morgan fingerprint density at radius 3 is 2.20 bits per heavy atom. The largest absolute Gasteiger partial charge is 0.459 e. The van der Waals surface area contributed by atoms with Crippen LogP contribution in [0, 0.1) is 23.7 Å². The van der Waals surface area contributed by atoms with Gasteiger partial charge in [-0.3, -0.25) is 4.79 Å². The van der Waals surface area contributed by atoms with Crippen LogP contribution in [0.3, 0.4) is 0 Å². The first-order chi connectivity index (χ1) is 23.6. The van der Waals surface area contributed by atoms with E-state index in [1.54, 1.807) is 41.5 Å². The molecule has 2 saturated heterocycles. The number of methoxy groups -OCH3 is 1. The number of hydrogen-bond donors (Lipinski definition) is 6. The fourth-order valence-electron chi connectivity index (χ4n) is 8.28. The van der Waals surface area contributed by atoms with E-state index < -0.39 is 89.9 Å². The molecule has 1 saturated carbocycles. The monoisotopic (exact) mass is 733 g/mol. The molecule has 0 amide bonds. The zero-order valence-electron chi connectivity index (χ0n) is 33.4. The van der Waals surface area contributed by atoms with Crippen LogP contribution in [-0.2, 0) is 28.5 Å². The lowest BCUT2D eigenvalue weighted by Crippen LogP contribution is -2.59. The standard InChI is InChI=1S/C38H72N2O11/c1-13-28-38(9,46)32(42)24(5)39-20-21(2)18-36(7,45)34(50-29(41)17-27(40(10)11)16-26-14-15-26)22(3)31(23(4)35(44)49-28)51-30-19-37(8,47-12)33(43)25(6)48-30/h21-34,39,41-43,45-46H,13-20H2,1-12H3. The lowest BCUT2D eigenvalue weighted by atomic mass is 9.77. The maximum absolute atomic E-state index is 14.1. The zero-order chi connectivity index (χ0) is 38.6.